The van der Waals surface area contributed by atoms with Gasteiger partial charge in [0, 0.05) is 5.02 Å². The summed E-state index contributed by atoms with van der Waals surface area (Å²) in [6, 6.07) is 14.4. The topological polar surface area (TPSA) is 88.8 Å². The fourth-order valence-electron chi connectivity index (χ4n) is 2.78. The van der Waals surface area contributed by atoms with Crippen molar-refractivity contribution in [3.8, 4) is 5.75 Å². The molecule has 158 valence electrons. The number of benzene rings is 2. The smallest absolute Gasteiger partial charge is 0.264 e. The van der Waals surface area contributed by atoms with Gasteiger partial charge in [-0.05, 0) is 49.4 Å². The monoisotopic (exact) mass is 448 g/mol. The second kappa shape index (κ2) is 9.23. The number of rotatable bonds is 8. The third-order valence-corrected chi connectivity index (χ3v) is 6.35. The second-order valence-corrected chi connectivity index (χ2v) is 8.80. The van der Waals surface area contributed by atoms with Crippen molar-refractivity contribution >= 4 is 33.2 Å². The molecule has 3 aromatic rings. The molecular weight excluding hydrogens is 428 g/mol. The summed E-state index contributed by atoms with van der Waals surface area (Å²) in [5.74, 6) is 0.315. The molecule has 1 amide bonds. The first-order valence-electron chi connectivity index (χ1n) is 9.03. The van der Waals surface area contributed by atoms with E-state index in [4.69, 9.17) is 20.8 Å². The van der Waals surface area contributed by atoms with Crippen molar-refractivity contribution < 1.29 is 22.4 Å². The lowest BCUT2D eigenvalue weighted by atomic mass is 10.2. The number of hydrogen-bond donors (Lipinski definition) is 1. The van der Waals surface area contributed by atoms with E-state index in [9.17, 15) is 13.2 Å². The molecule has 0 fully saturated rings. The molecule has 0 spiro atoms. The number of anilines is 1. The Balaban J connectivity index is 1.97. The molecule has 0 aliphatic carbocycles. The van der Waals surface area contributed by atoms with Gasteiger partial charge >= 0.3 is 0 Å². The maximum atomic E-state index is 13.4. The van der Waals surface area contributed by atoms with E-state index < -0.39 is 22.5 Å². The molecule has 0 radical (unpaired) electrons. The van der Waals surface area contributed by atoms with Crippen LogP contribution in [0.15, 0.2) is 70.2 Å². The molecule has 0 bridgehead atoms. The van der Waals surface area contributed by atoms with Gasteiger partial charge in [-0.1, -0.05) is 29.3 Å². The zero-order valence-electron chi connectivity index (χ0n) is 16.5. The largest absolute Gasteiger partial charge is 0.495 e. The molecule has 0 aliphatic heterocycles. The average molecular weight is 449 g/mol. The summed E-state index contributed by atoms with van der Waals surface area (Å²) in [6.07, 6.45) is 1.49. The summed E-state index contributed by atoms with van der Waals surface area (Å²) < 4.78 is 38.3. The van der Waals surface area contributed by atoms with Crippen LogP contribution in [0, 0.1) is 6.92 Å². The van der Waals surface area contributed by atoms with Gasteiger partial charge in [-0.15, -0.1) is 0 Å². The summed E-state index contributed by atoms with van der Waals surface area (Å²) in [5, 5.41) is 2.97. The third kappa shape index (κ3) is 4.95. The van der Waals surface area contributed by atoms with E-state index in [2.05, 4.69) is 5.32 Å². The molecule has 30 heavy (non-hydrogen) atoms. The van der Waals surface area contributed by atoms with Crippen molar-refractivity contribution in [2.75, 3.05) is 18.0 Å². The van der Waals surface area contributed by atoms with Crippen molar-refractivity contribution in [1.82, 2.24) is 5.32 Å². The van der Waals surface area contributed by atoms with Gasteiger partial charge in [0.1, 0.15) is 18.1 Å². The van der Waals surface area contributed by atoms with Gasteiger partial charge in [0.2, 0.25) is 5.91 Å². The number of methoxy groups -OCH3 is 1. The van der Waals surface area contributed by atoms with Crippen molar-refractivity contribution in [2.24, 2.45) is 0 Å². The Hall–Kier alpha value is -2.97. The van der Waals surface area contributed by atoms with Crippen LogP contribution in [0.5, 0.6) is 5.75 Å². The van der Waals surface area contributed by atoms with E-state index in [1.807, 2.05) is 6.92 Å². The average Bonchev–Trinajstić information content (AvgIpc) is 3.24. The highest BCUT2D eigenvalue weighted by atomic mass is 35.5. The lowest BCUT2D eigenvalue weighted by Crippen LogP contribution is -2.40. The molecule has 9 heteroatoms. The van der Waals surface area contributed by atoms with Gasteiger partial charge in [-0.25, -0.2) is 8.42 Å². The summed E-state index contributed by atoms with van der Waals surface area (Å²) >= 11 is 6.11. The lowest BCUT2D eigenvalue weighted by Gasteiger charge is -2.26. The zero-order chi connectivity index (χ0) is 21.7. The van der Waals surface area contributed by atoms with Crippen molar-refractivity contribution in [3.05, 3.63) is 77.2 Å². The van der Waals surface area contributed by atoms with Crippen LogP contribution in [-0.2, 0) is 21.4 Å². The molecule has 0 saturated heterocycles. The number of carbonyl (C=O) groups excluding carboxylic acids is 1. The molecule has 1 aromatic heterocycles. The molecule has 3 rings (SSSR count). The molecule has 7 nitrogen and oxygen atoms in total. The van der Waals surface area contributed by atoms with E-state index in [1.54, 1.807) is 36.4 Å². The maximum Gasteiger partial charge on any atom is 0.264 e. The fraction of sp³-hybridized carbons (Fsp3) is 0.190. The second-order valence-electron chi connectivity index (χ2n) is 6.50. The first-order valence-corrected chi connectivity index (χ1v) is 10.8. The Morgan fingerprint density at radius 3 is 2.53 bits per heavy atom. The number of furan rings is 1. The Labute approximate surface area is 180 Å². The van der Waals surface area contributed by atoms with Gasteiger partial charge in [0.15, 0.2) is 0 Å². The van der Waals surface area contributed by atoms with E-state index in [1.165, 1.54) is 31.6 Å². The van der Waals surface area contributed by atoms with E-state index in [-0.39, 0.29) is 22.9 Å². The predicted molar refractivity (Wildman–Crippen MR) is 114 cm³/mol. The molecule has 0 aliphatic rings. The fourth-order valence-corrected chi connectivity index (χ4v) is 4.37. The summed E-state index contributed by atoms with van der Waals surface area (Å²) in [5.41, 5.74) is 1.08. The number of hydrogen-bond acceptors (Lipinski definition) is 5. The van der Waals surface area contributed by atoms with Crippen LogP contribution in [0.1, 0.15) is 11.3 Å². The lowest BCUT2D eigenvalue weighted by molar-refractivity contribution is -0.119. The van der Waals surface area contributed by atoms with E-state index in [0.717, 1.165) is 9.87 Å². The number of ether oxygens (including phenoxy) is 1. The van der Waals surface area contributed by atoms with Crippen molar-refractivity contribution in [2.45, 2.75) is 18.4 Å². The number of nitrogens with one attached hydrogen (secondary N) is 1. The predicted octanol–water partition coefficient (Wildman–Crippen LogP) is 3.76. The summed E-state index contributed by atoms with van der Waals surface area (Å²) in [7, 11) is -2.66. The first kappa shape index (κ1) is 21.7. The molecule has 0 unspecified atom stereocenters. The quantitative estimate of drug-likeness (QED) is 0.566. The normalized spacial score (nSPS) is 11.2. The minimum atomic E-state index is -4.08. The van der Waals surface area contributed by atoms with Crippen LogP contribution in [0.2, 0.25) is 5.02 Å². The van der Waals surface area contributed by atoms with Crippen LogP contribution >= 0.6 is 11.6 Å². The number of amides is 1. The Kier molecular flexibility index (Phi) is 6.69. The van der Waals surface area contributed by atoms with Crippen molar-refractivity contribution in [1.29, 1.82) is 0 Å². The van der Waals surface area contributed by atoms with Crippen LogP contribution in [-0.4, -0.2) is 28.0 Å². The van der Waals surface area contributed by atoms with Crippen LogP contribution in [0.25, 0.3) is 0 Å². The number of halogens is 1. The molecular formula is C21H21ClN2O5S. The molecule has 1 N–H and O–H groups in total. The first-order chi connectivity index (χ1) is 14.3. The molecule has 2 aromatic carbocycles. The third-order valence-electron chi connectivity index (χ3n) is 4.35. The van der Waals surface area contributed by atoms with E-state index in [0.29, 0.717) is 10.8 Å². The maximum absolute atomic E-state index is 13.4. The number of nitrogens with zero attached hydrogens (tertiary/aromatic N) is 1. The van der Waals surface area contributed by atoms with Gasteiger partial charge in [0.05, 0.1) is 30.5 Å². The van der Waals surface area contributed by atoms with Crippen LogP contribution in [0.4, 0.5) is 5.69 Å². The highest BCUT2D eigenvalue weighted by molar-refractivity contribution is 7.92. The number of sulfonamides is 1. The van der Waals surface area contributed by atoms with Gasteiger partial charge in [-0.3, -0.25) is 9.10 Å². The minimum Gasteiger partial charge on any atom is -0.495 e. The number of aryl methyl sites for hydroxylation is 1. The van der Waals surface area contributed by atoms with E-state index >= 15 is 0 Å². The SMILES string of the molecule is COc1ccc(Cl)cc1N(CC(=O)NCc1ccco1)S(=O)(=O)c1ccc(C)cc1. The molecule has 0 atom stereocenters. The Bertz CT molecular complexity index is 1110. The van der Waals surface area contributed by atoms with Gasteiger partial charge < -0.3 is 14.5 Å². The number of carbonyl (C=O) groups is 1. The summed E-state index contributed by atoms with van der Waals surface area (Å²) in [6.45, 7) is 1.53. The van der Waals surface area contributed by atoms with Gasteiger partial charge in [-0.2, -0.15) is 0 Å². The highest BCUT2D eigenvalue weighted by Crippen LogP contribution is 2.34. The Morgan fingerprint density at radius 2 is 1.90 bits per heavy atom. The van der Waals surface area contributed by atoms with Gasteiger partial charge in [0.25, 0.3) is 10.0 Å². The Morgan fingerprint density at radius 1 is 1.17 bits per heavy atom. The highest BCUT2D eigenvalue weighted by Gasteiger charge is 2.29. The van der Waals surface area contributed by atoms with Crippen LogP contribution in [0.3, 0.4) is 0 Å². The standard InChI is InChI=1S/C21H21ClN2O5S/c1-15-5-8-18(9-6-15)30(26,27)24(19-12-16(22)7-10-20(19)28-2)14-21(25)23-13-17-4-3-11-29-17/h3-12H,13-14H2,1-2H3,(H,23,25). The minimum absolute atomic E-state index is 0.0500. The van der Waals surface area contributed by atoms with Crippen molar-refractivity contribution in [3.63, 3.8) is 0 Å². The zero-order valence-corrected chi connectivity index (χ0v) is 18.0. The molecule has 0 saturated carbocycles. The summed E-state index contributed by atoms with van der Waals surface area (Å²) in [4.78, 5) is 12.7. The molecule has 1 heterocycles. The van der Waals surface area contributed by atoms with Crippen LogP contribution < -0.4 is 14.4 Å².